The van der Waals surface area contributed by atoms with Crippen molar-refractivity contribution >= 4 is 51.5 Å². The van der Waals surface area contributed by atoms with Crippen LogP contribution >= 0.6 is 23.2 Å². The fraction of sp³-hybridized carbons (Fsp3) is 0.375. The number of nitrogens with zero attached hydrogens (tertiary/aromatic N) is 3. The molecule has 1 fully saturated rings. The van der Waals surface area contributed by atoms with Crippen molar-refractivity contribution in [2.24, 2.45) is 0 Å². The predicted molar refractivity (Wildman–Crippen MR) is 133 cm³/mol. The fourth-order valence-electron chi connectivity index (χ4n) is 3.91. The smallest absolute Gasteiger partial charge is 0.349 e. The Hall–Kier alpha value is -3.02. The number of piperidine rings is 1. The molecule has 4 rings (SSSR count). The van der Waals surface area contributed by atoms with E-state index in [4.69, 9.17) is 32.7 Å². The van der Waals surface area contributed by atoms with Gasteiger partial charge in [-0.05, 0) is 25.1 Å². The van der Waals surface area contributed by atoms with Crippen LogP contribution in [0.25, 0.3) is 10.9 Å². The van der Waals surface area contributed by atoms with E-state index in [0.717, 1.165) is 11.8 Å². The predicted octanol–water partition coefficient (Wildman–Crippen LogP) is 5.21. The van der Waals surface area contributed by atoms with E-state index in [2.05, 4.69) is 15.3 Å². The van der Waals surface area contributed by atoms with Crippen LogP contribution in [-0.4, -0.2) is 64.2 Å². The number of aliphatic hydroxyl groups is 1. The first-order valence-corrected chi connectivity index (χ1v) is 12.0. The van der Waals surface area contributed by atoms with Crippen molar-refractivity contribution in [3.8, 4) is 11.5 Å². The van der Waals surface area contributed by atoms with Gasteiger partial charge in [-0.1, -0.05) is 23.2 Å². The van der Waals surface area contributed by atoms with Gasteiger partial charge in [0.25, 0.3) is 5.91 Å². The molecular formula is C24H23Cl2F3N4O4. The Morgan fingerprint density at radius 3 is 2.57 bits per heavy atom. The van der Waals surface area contributed by atoms with Gasteiger partial charge in [-0.2, -0.15) is 8.78 Å². The van der Waals surface area contributed by atoms with Gasteiger partial charge in [-0.25, -0.2) is 14.4 Å². The summed E-state index contributed by atoms with van der Waals surface area (Å²) in [7, 11) is 1.46. The van der Waals surface area contributed by atoms with Crippen LogP contribution in [0.4, 0.5) is 24.7 Å². The van der Waals surface area contributed by atoms with Crippen molar-refractivity contribution in [1.82, 2.24) is 14.9 Å². The third kappa shape index (κ3) is 5.48. The number of halogens is 5. The number of anilines is 2. The number of fused-ring (bicyclic) bond motifs is 1. The Kier molecular flexibility index (Phi) is 7.86. The van der Waals surface area contributed by atoms with E-state index in [-0.39, 0.29) is 47.5 Å². The van der Waals surface area contributed by atoms with Crippen molar-refractivity contribution < 1.29 is 32.5 Å². The number of hydrogen-bond acceptors (Lipinski definition) is 7. The Bertz CT molecular complexity index is 1320. The molecule has 198 valence electrons. The highest BCUT2D eigenvalue weighted by Crippen LogP contribution is 2.38. The number of hydrogen-bond donors (Lipinski definition) is 2. The number of likely N-dealkylation sites (tertiary alicyclic amines) is 1. The zero-order valence-electron chi connectivity index (χ0n) is 19.8. The molecule has 0 aliphatic carbocycles. The van der Waals surface area contributed by atoms with Crippen LogP contribution in [0.5, 0.6) is 11.5 Å². The molecule has 0 saturated carbocycles. The molecule has 1 saturated heterocycles. The van der Waals surface area contributed by atoms with E-state index in [1.807, 2.05) is 0 Å². The second-order valence-electron chi connectivity index (χ2n) is 8.50. The summed E-state index contributed by atoms with van der Waals surface area (Å²) >= 11 is 11.8. The summed E-state index contributed by atoms with van der Waals surface area (Å²) in [4.78, 5) is 21.6. The summed E-state index contributed by atoms with van der Waals surface area (Å²) in [5.74, 6) is -5.03. The first-order chi connectivity index (χ1) is 17.5. The summed E-state index contributed by atoms with van der Waals surface area (Å²) in [6.45, 7) is 0.949. The number of aliphatic hydroxyl groups excluding tert-OH is 1. The molecule has 1 aliphatic rings. The summed E-state index contributed by atoms with van der Waals surface area (Å²) < 4.78 is 54.0. The van der Waals surface area contributed by atoms with Crippen molar-refractivity contribution in [2.45, 2.75) is 37.9 Å². The van der Waals surface area contributed by atoms with E-state index in [1.165, 1.54) is 25.6 Å². The van der Waals surface area contributed by atoms with Crippen LogP contribution in [0.15, 0.2) is 30.6 Å². The molecule has 1 unspecified atom stereocenters. The minimum atomic E-state index is -3.85. The third-order valence-electron chi connectivity index (χ3n) is 6.04. The van der Waals surface area contributed by atoms with Crippen molar-refractivity contribution in [2.75, 3.05) is 25.5 Å². The lowest BCUT2D eigenvalue weighted by molar-refractivity contribution is -0.174. The number of nitrogens with one attached hydrogen (secondary N) is 1. The summed E-state index contributed by atoms with van der Waals surface area (Å²) in [6.07, 6.45) is -0.612. The summed E-state index contributed by atoms with van der Waals surface area (Å²) in [5, 5.41) is 12.5. The minimum absolute atomic E-state index is 0.0359. The van der Waals surface area contributed by atoms with Gasteiger partial charge in [-0.15, -0.1) is 0 Å². The molecule has 3 aromatic rings. The van der Waals surface area contributed by atoms with Crippen LogP contribution in [0, 0.1) is 5.82 Å². The monoisotopic (exact) mass is 558 g/mol. The van der Waals surface area contributed by atoms with Gasteiger partial charge in [-0.3, -0.25) is 4.79 Å². The number of amides is 1. The Morgan fingerprint density at radius 2 is 1.92 bits per heavy atom. The number of alkyl halides is 2. The van der Waals surface area contributed by atoms with Crippen molar-refractivity contribution in [1.29, 1.82) is 0 Å². The normalized spacial score (nSPS) is 15.5. The molecule has 1 aliphatic heterocycles. The number of ether oxygens (including phenoxy) is 2. The zero-order chi connectivity index (χ0) is 26.9. The number of carbonyl (C=O) groups is 1. The molecule has 8 nitrogen and oxygen atoms in total. The first-order valence-electron chi connectivity index (χ1n) is 11.3. The lowest BCUT2D eigenvalue weighted by Crippen LogP contribution is -2.52. The van der Waals surface area contributed by atoms with Crippen LogP contribution in [-0.2, 0) is 4.79 Å². The SMILES string of the molecule is COc1cc2ncnc(Nc3ccc(Cl)c(Cl)c3F)c2cc1OC1CCN(C(=O)C(F)(F)C(C)O)CC1. The first kappa shape index (κ1) is 27.0. The van der Waals surface area contributed by atoms with E-state index in [9.17, 15) is 23.1 Å². The molecule has 37 heavy (non-hydrogen) atoms. The van der Waals surface area contributed by atoms with Crippen molar-refractivity contribution in [3.63, 3.8) is 0 Å². The van der Waals surface area contributed by atoms with Crippen LogP contribution in [0.1, 0.15) is 19.8 Å². The maximum atomic E-state index is 14.6. The molecule has 0 bridgehead atoms. The van der Waals surface area contributed by atoms with Gasteiger partial charge in [0.2, 0.25) is 0 Å². The van der Waals surface area contributed by atoms with Crippen molar-refractivity contribution in [3.05, 3.63) is 46.5 Å². The van der Waals surface area contributed by atoms with Gasteiger partial charge in [0, 0.05) is 37.4 Å². The van der Waals surface area contributed by atoms with Crippen LogP contribution in [0.3, 0.4) is 0 Å². The average Bonchev–Trinajstić information content (AvgIpc) is 2.88. The molecule has 0 radical (unpaired) electrons. The molecular weight excluding hydrogens is 536 g/mol. The quantitative estimate of drug-likeness (QED) is 0.384. The van der Waals surface area contributed by atoms with Crippen LogP contribution < -0.4 is 14.8 Å². The summed E-state index contributed by atoms with van der Waals surface area (Å²) in [6, 6.07) is 6.13. The number of carbonyl (C=O) groups excluding carboxylic acids is 1. The molecule has 2 N–H and O–H groups in total. The summed E-state index contributed by atoms with van der Waals surface area (Å²) in [5.41, 5.74) is 0.543. The highest BCUT2D eigenvalue weighted by Gasteiger charge is 2.47. The number of aromatic nitrogens is 2. The second-order valence-corrected chi connectivity index (χ2v) is 9.28. The maximum absolute atomic E-state index is 14.6. The molecule has 2 heterocycles. The molecule has 2 aromatic carbocycles. The largest absolute Gasteiger partial charge is 0.493 e. The Balaban J connectivity index is 1.56. The average molecular weight is 559 g/mol. The molecule has 1 amide bonds. The highest BCUT2D eigenvalue weighted by molar-refractivity contribution is 6.42. The lowest BCUT2D eigenvalue weighted by atomic mass is 10.1. The van der Waals surface area contributed by atoms with E-state index in [0.29, 0.717) is 22.4 Å². The Labute approximate surface area is 220 Å². The number of benzene rings is 2. The minimum Gasteiger partial charge on any atom is -0.493 e. The molecule has 1 aromatic heterocycles. The Morgan fingerprint density at radius 1 is 1.22 bits per heavy atom. The molecule has 13 heteroatoms. The fourth-order valence-corrected chi connectivity index (χ4v) is 4.22. The number of rotatable bonds is 7. The van der Waals surface area contributed by atoms with E-state index in [1.54, 1.807) is 12.1 Å². The lowest BCUT2D eigenvalue weighted by Gasteiger charge is -2.34. The third-order valence-corrected chi connectivity index (χ3v) is 6.82. The van der Waals surface area contributed by atoms with Crippen LogP contribution in [0.2, 0.25) is 10.0 Å². The molecule has 0 spiro atoms. The van der Waals surface area contributed by atoms with Gasteiger partial charge >= 0.3 is 5.92 Å². The van der Waals surface area contributed by atoms with E-state index < -0.39 is 29.9 Å². The molecule has 1 atom stereocenters. The van der Waals surface area contributed by atoms with Gasteiger partial charge in [0.05, 0.1) is 28.4 Å². The number of methoxy groups -OCH3 is 1. The maximum Gasteiger partial charge on any atom is 0.349 e. The van der Waals surface area contributed by atoms with Gasteiger partial charge in [0.15, 0.2) is 17.3 Å². The standard InChI is InChI=1S/C24H23Cl2F3N4O4/c1-12(34)24(28,29)23(35)33-7-5-13(6-8-33)37-19-9-14-17(10-18(19)36-2)30-11-31-22(14)32-16-4-3-15(25)20(26)21(16)27/h3-4,9-13,34H,5-8H2,1-2H3,(H,30,31,32). The second kappa shape index (κ2) is 10.8. The van der Waals surface area contributed by atoms with Gasteiger partial charge < -0.3 is 24.8 Å². The van der Waals surface area contributed by atoms with E-state index >= 15 is 0 Å². The highest BCUT2D eigenvalue weighted by atomic mass is 35.5. The zero-order valence-corrected chi connectivity index (χ0v) is 21.3. The van der Waals surface area contributed by atoms with Gasteiger partial charge in [0.1, 0.15) is 24.4 Å². The topological polar surface area (TPSA) is 96.8 Å².